The molecule has 0 aromatic heterocycles. The van der Waals surface area contributed by atoms with Crippen molar-refractivity contribution >= 4 is 0 Å². The van der Waals surface area contributed by atoms with Crippen LogP contribution < -0.4 is 4.74 Å². The fourth-order valence-corrected chi connectivity index (χ4v) is 5.82. The second kappa shape index (κ2) is 14.5. The molecule has 2 aromatic carbocycles. The lowest BCUT2D eigenvalue weighted by molar-refractivity contribution is 0.116. The number of hydrogen-bond acceptors (Lipinski definition) is 6. The summed E-state index contributed by atoms with van der Waals surface area (Å²) in [6.07, 6.45) is 10.00. The minimum Gasteiger partial charge on any atom is -0.508 e. The lowest BCUT2D eigenvalue weighted by Crippen LogP contribution is -2.43. The molecule has 0 radical (unpaired) electrons. The van der Waals surface area contributed by atoms with E-state index in [9.17, 15) is 5.11 Å². The van der Waals surface area contributed by atoms with Crippen LogP contribution in [0.3, 0.4) is 0 Å². The predicted molar refractivity (Wildman–Crippen MR) is 157 cm³/mol. The minimum atomic E-state index is 0.266. The van der Waals surface area contributed by atoms with Gasteiger partial charge in [-0.2, -0.15) is 0 Å². The lowest BCUT2D eigenvalue weighted by Gasteiger charge is -2.41. The Kier molecular flexibility index (Phi) is 10.9. The molecule has 6 nitrogen and oxygen atoms in total. The van der Waals surface area contributed by atoms with E-state index in [1.165, 1.54) is 16.7 Å². The van der Waals surface area contributed by atoms with Gasteiger partial charge in [0.1, 0.15) is 23.9 Å². The Balaban J connectivity index is 1.38. The molecule has 212 valence electrons. The van der Waals surface area contributed by atoms with E-state index in [2.05, 4.69) is 72.3 Å². The van der Waals surface area contributed by atoms with E-state index in [0.29, 0.717) is 24.2 Å². The molecule has 0 spiro atoms. The zero-order valence-corrected chi connectivity index (χ0v) is 24.1. The molecule has 0 bridgehead atoms. The zero-order chi connectivity index (χ0) is 27.6. The number of nitrogens with zero attached hydrogens (tertiary/aromatic N) is 2. The van der Waals surface area contributed by atoms with Crippen molar-refractivity contribution in [2.75, 3.05) is 53.6 Å². The van der Waals surface area contributed by atoms with E-state index in [1.807, 2.05) is 19.1 Å². The van der Waals surface area contributed by atoms with Gasteiger partial charge in [-0.25, -0.2) is 0 Å². The van der Waals surface area contributed by atoms with Crippen LogP contribution in [0.5, 0.6) is 11.5 Å². The standard InChI is InChI=1S/C33H46N2O4/c1-5-35(24-25-7-13-30(14-8-25)39-20-18-34(3)17-19-38-6-2)33-23-31(37-4)15-16-32(33)28-10-9-27-22-29(36)12-11-26(27)21-28/h7-8,11-16,22-23,28,32-33,36H,5-6,9-10,17-21,24H2,1-4H3/t28-,32?,33?/m1/s1. The van der Waals surface area contributed by atoms with Crippen LogP contribution in [0.1, 0.15) is 37.0 Å². The van der Waals surface area contributed by atoms with Gasteiger partial charge in [-0.3, -0.25) is 4.90 Å². The van der Waals surface area contributed by atoms with Crippen LogP contribution in [0.15, 0.2) is 66.5 Å². The van der Waals surface area contributed by atoms with Crippen LogP contribution >= 0.6 is 0 Å². The topological polar surface area (TPSA) is 54.4 Å². The molecule has 0 amide bonds. The average molecular weight is 535 g/mol. The van der Waals surface area contributed by atoms with Crippen LogP contribution in [0.2, 0.25) is 0 Å². The molecule has 39 heavy (non-hydrogen) atoms. The lowest BCUT2D eigenvalue weighted by atomic mass is 9.72. The van der Waals surface area contributed by atoms with Crippen LogP contribution in [-0.4, -0.2) is 74.6 Å². The summed E-state index contributed by atoms with van der Waals surface area (Å²) in [5.74, 6) is 3.18. The number of aromatic hydroxyl groups is 1. The van der Waals surface area contributed by atoms with E-state index in [-0.39, 0.29) is 6.04 Å². The molecule has 0 fully saturated rings. The second-order valence-electron chi connectivity index (χ2n) is 10.7. The number of allylic oxidation sites excluding steroid dienone is 1. The van der Waals surface area contributed by atoms with Crippen molar-refractivity contribution in [3.63, 3.8) is 0 Å². The number of likely N-dealkylation sites (N-methyl/N-ethyl adjacent to an activating group) is 2. The van der Waals surface area contributed by atoms with Gasteiger partial charge in [-0.15, -0.1) is 0 Å². The summed E-state index contributed by atoms with van der Waals surface area (Å²) in [5.41, 5.74) is 3.95. The highest BCUT2D eigenvalue weighted by Gasteiger charge is 2.34. The highest BCUT2D eigenvalue weighted by molar-refractivity contribution is 5.37. The maximum Gasteiger partial charge on any atom is 0.119 e. The van der Waals surface area contributed by atoms with Crippen molar-refractivity contribution in [3.05, 3.63) is 83.1 Å². The Labute approximate surface area is 234 Å². The van der Waals surface area contributed by atoms with Crippen LogP contribution in [0.25, 0.3) is 0 Å². The van der Waals surface area contributed by atoms with Crippen molar-refractivity contribution in [2.24, 2.45) is 11.8 Å². The first-order chi connectivity index (χ1) is 19.0. The first-order valence-corrected chi connectivity index (χ1v) is 14.5. The van der Waals surface area contributed by atoms with Gasteiger partial charge in [-0.05, 0) is 105 Å². The number of phenolic OH excluding ortho intramolecular Hbond substituents is 1. The summed E-state index contributed by atoms with van der Waals surface area (Å²) in [7, 11) is 3.85. The van der Waals surface area contributed by atoms with Crippen molar-refractivity contribution in [2.45, 2.75) is 45.7 Å². The van der Waals surface area contributed by atoms with Gasteiger partial charge in [0, 0.05) is 32.3 Å². The first-order valence-electron chi connectivity index (χ1n) is 14.5. The van der Waals surface area contributed by atoms with Crippen molar-refractivity contribution in [1.29, 1.82) is 0 Å². The molecule has 2 unspecified atom stereocenters. The number of aryl methyl sites for hydroxylation is 1. The number of fused-ring (bicyclic) bond motifs is 1. The van der Waals surface area contributed by atoms with E-state index in [0.717, 1.165) is 70.2 Å². The Bertz CT molecular complexity index is 1100. The van der Waals surface area contributed by atoms with Crippen LogP contribution in [0, 0.1) is 11.8 Å². The third kappa shape index (κ3) is 8.10. The molecule has 0 heterocycles. The third-order valence-corrected chi connectivity index (χ3v) is 8.15. The van der Waals surface area contributed by atoms with Gasteiger partial charge < -0.3 is 24.2 Å². The number of benzene rings is 2. The minimum absolute atomic E-state index is 0.266. The molecule has 0 aliphatic heterocycles. The Morgan fingerprint density at radius 3 is 2.54 bits per heavy atom. The SMILES string of the molecule is CCOCCN(C)CCOc1ccc(CN(CC)C2C=C(OC)C=CC2[C@@H]2CCc3cc(O)ccc3C2)cc1. The molecule has 6 heteroatoms. The Morgan fingerprint density at radius 1 is 1.00 bits per heavy atom. The van der Waals surface area contributed by atoms with Crippen LogP contribution in [-0.2, 0) is 28.9 Å². The molecular weight excluding hydrogens is 488 g/mol. The smallest absolute Gasteiger partial charge is 0.119 e. The highest BCUT2D eigenvalue weighted by atomic mass is 16.5. The molecular formula is C33H46N2O4. The van der Waals surface area contributed by atoms with Gasteiger partial charge in [0.2, 0.25) is 0 Å². The molecule has 1 N–H and O–H groups in total. The molecule has 2 aliphatic carbocycles. The average Bonchev–Trinajstić information content (AvgIpc) is 2.96. The normalized spacial score (nSPS) is 20.7. The number of ether oxygens (including phenoxy) is 3. The maximum atomic E-state index is 9.91. The van der Waals surface area contributed by atoms with Crippen molar-refractivity contribution in [3.8, 4) is 11.5 Å². The fraction of sp³-hybridized carbons (Fsp3) is 0.515. The molecule has 4 rings (SSSR count). The summed E-state index contributed by atoms with van der Waals surface area (Å²) < 4.78 is 17.1. The number of methoxy groups -OCH3 is 1. The summed E-state index contributed by atoms with van der Waals surface area (Å²) in [6.45, 7) is 10.0. The van der Waals surface area contributed by atoms with E-state index >= 15 is 0 Å². The molecule has 2 aromatic rings. The van der Waals surface area contributed by atoms with Crippen molar-refractivity contribution in [1.82, 2.24) is 9.80 Å². The predicted octanol–water partition coefficient (Wildman–Crippen LogP) is 5.45. The van der Waals surface area contributed by atoms with Crippen molar-refractivity contribution < 1.29 is 19.3 Å². The van der Waals surface area contributed by atoms with E-state index < -0.39 is 0 Å². The highest BCUT2D eigenvalue weighted by Crippen LogP contribution is 2.38. The van der Waals surface area contributed by atoms with E-state index in [4.69, 9.17) is 14.2 Å². The molecule has 3 atom stereocenters. The third-order valence-electron chi connectivity index (χ3n) is 8.15. The van der Waals surface area contributed by atoms with Gasteiger partial charge in [-0.1, -0.05) is 31.2 Å². The second-order valence-corrected chi connectivity index (χ2v) is 10.7. The first kappa shape index (κ1) is 29.2. The zero-order valence-electron chi connectivity index (χ0n) is 24.1. The Hall–Kier alpha value is -2.80. The monoisotopic (exact) mass is 534 g/mol. The number of rotatable bonds is 14. The number of hydrogen-bond donors (Lipinski definition) is 1. The molecule has 0 saturated carbocycles. The van der Waals surface area contributed by atoms with Gasteiger partial charge in [0.05, 0.1) is 13.7 Å². The summed E-state index contributed by atoms with van der Waals surface area (Å²) in [6, 6.07) is 14.7. The summed E-state index contributed by atoms with van der Waals surface area (Å²) >= 11 is 0. The van der Waals surface area contributed by atoms with E-state index in [1.54, 1.807) is 7.11 Å². The molecule has 0 saturated heterocycles. The summed E-state index contributed by atoms with van der Waals surface area (Å²) in [5, 5.41) is 9.91. The Morgan fingerprint density at radius 2 is 1.79 bits per heavy atom. The largest absolute Gasteiger partial charge is 0.508 e. The quantitative estimate of drug-likeness (QED) is 0.325. The maximum absolute atomic E-state index is 9.91. The number of phenols is 1. The fourth-order valence-electron chi connectivity index (χ4n) is 5.82. The summed E-state index contributed by atoms with van der Waals surface area (Å²) in [4.78, 5) is 4.79. The molecule has 2 aliphatic rings. The van der Waals surface area contributed by atoms with Gasteiger partial charge in [0.25, 0.3) is 0 Å². The van der Waals surface area contributed by atoms with Gasteiger partial charge >= 0.3 is 0 Å². The van der Waals surface area contributed by atoms with Gasteiger partial charge in [0.15, 0.2) is 0 Å². The van der Waals surface area contributed by atoms with Crippen LogP contribution in [0.4, 0.5) is 0 Å².